The van der Waals surface area contributed by atoms with Crippen LogP contribution in [0.5, 0.6) is 5.75 Å². The largest absolute Gasteiger partial charge is 0.530 e. The number of nitrogens with zero attached hydrogens (tertiary/aromatic N) is 1. The van der Waals surface area contributed by atoms with Gasteiger partial charge in [0, 0.05) is 30.0 Å². The Morgan fingerprint density at radius 2 is 1.67 bits per heavy atom. The zero-order valence-electron chi connectivity index (χ0n) is 19.8. The van der Waals surface area contributed by atoms with Crippen LogP contribution in [0.3, 0.4) is 0 Å². The first-order chi connectivity index (χ1) is 17.6. The van der Waals surface area contributed by atoms with Crippen LogP contribution in [-0.2, 0) is 18.0 Å². The summed E-state index contributed by atoms with van der Waals surface area (Å²) in [4.78, 5) is 12.8. The number of carboxylic acid groups (broad SMARTS) is 1. The smallest absolute Gasteiger partial charge is 0.137 e. The Morgan fingerprint density at radius 3 is 2.44 bits per heavy atom. The minimum Gasteiger partial charge on any atom is -0.530 e. The predicted octanol–water partition coefficient (Wildman–Crippen LogP) is 5.28. The van der Waals surface area contributed by atoms with Crippen LogP contribution in [0.4, 0.5) is 9.18 Å². The van der Waals surface area contributed by atoms with Crippen molar-refractivity contribution in [2.75, 3.05) is 13.1 Å². The van der Waals surface area contributed by atoms with E-state index in [9.17, 15) is 14.3 Å². The summed E-state index contributed by atoms with van der Waals surface area (Å²) in [6.45, 7) is 1.21. The number of rotatable bonds is 7. The molecule has 36 heavy (non-hydrogen) atoms. The van der Waals surface area contributed by atoms with Gasteiger partial charge in [-0.2, -0.15) is 0 Å². The lowest BCUT2D eigenvalue weighted by Gasteiger charge is -2.40. The number of fused-ring (bicyclic) bond motifs is 1. The van der Waals surface area contributed by atoms with E-state index in [4.69, 9.17) is 9.47 Å². The van der Waals surface area contributed by atoms with Gasteiger partial charge in [0.1, 0.15) is 24.3 Å². The summed E-state index contributed by atoms with van der Waals surface area (Å²) in [5.74, 6) is 0.387. The molecule has 0 spiro atoms. The lowest BCUT2D eigenvalue weighted by atomic mass is 9.87. The highest BCUT2D eigenvalue weighted by molar-refractivity contribution is 5.89. The molecule has 1 aliphatic rings. The molecule has 0 bridgehead atoms. The number of hydrogen-bond acceptors (Lipinski definition) is 4. The quantitative estimate of drug-likeness (QED) is 0.358. The number of ether oxygens (including phenoxy) is 2. The zero-order valence-corrected chi connectivity index (χ0v) is 19.8. The number of benzene rings is 4. The Balaban J connectivity index is 1.41. The maximum absolute atomic E-state index is 13.5. The summed E-state index contributed by atoms with van der Waals surface area (Å²) in [6.07, 6.45) is -1.05. The molecule has 5 rings (SSSR count). The molecule has 2 atom stereocenters. The zero-order chi connectivity index (χ0) is 24.9. The first kappa shape index (κ1) is 23.8. The first-order valence-electron chi connectivity index (χ1n) is 12.1. The van der Waals surface area contributed by atoms with Crippen molar-refractivity contribution in [3.05, 3.63) is 114 Å². The van der Waals surface area contributed by atoms with Gasteiger partial charge in [-0.25, -0.2) is 4.39 Å². The van der Waals surface area contributed by atoms with Crippen LogP contribution in [0.1, 0.15) is 29.0 Å². The van der Waals surface area contributed by atoms with E-state index in [-0.39, 0.29) is 24.9 Å². The third-order valence-corrected chi connectivity index (χ3v) is 6.76. The van der Waals surface area contributed by atoms with Gasteiger partial charge < -0.3 is 24.3 Å². The molecule has 6 heteroatoms. The topological polar surface area (TPSA) is 61.8 Å². The van der Waals surface area contributed by atoms with Crippen molar-refractivity contribution in [1.82, 2.24) is 4.90 Å². The van der Waals surface area contributed by atoms with Crippen molar-refractivity contribution in [2.24, 2.45) is 0 Å². The number of piperidine rings is 1. The van der Waals surface area contributed by atoms with Gasteiger partial charge in [-0.3, -0.25) is 0 Å². The standard InChI is InChI=1S/C30H28FNO4/c31-25-14-12-23(13-15-25)26-16-17-32(30(33)34)18-28(26)35-20-24-11-10-22-8-4-5-9-27(22)29(24)36-19-21-6-2-1-3-7-21/h1-15,26,28H,16-20H2,(H,33,34)/p-1. The SMILES string of the molecule is O=C([O-])N1CCC(c2ccc(F)cc2)C(OCc2ccc3ccccc3c2OCc2ccccc2)C1. The van der Waals surface area contributed by atoms with Crippen LogP contribution in [0.25, 0.3) is 10.8 Å². The van der Waals surface area contributed by atoms with Gasteiger partial charge in [-0.05, 0) is 35.1 Å². The average Bonchev–Trinajstić information content (AvgIpc) is 2.91. The third-order valence-electron chi connectivity index (χ3n) is 6.76. The molecule has 1 fully saturated rings. The number of hydrogen-bond donors (Lipinski definition) is 0. The van der Waals surface area contributed by atoms with Gasteiger partial charge in [0.15, 0.2) is 0 Å². The Hall–Kier alpha value is -3.90. The van der Waals surface area contributed by atoms with Crippen LogP contribution >= 0.6 is 0 Å². The maximum atomic E-state index is 13.5. The van der Waals surface area contributed by atoms with Gasteiger partial charge in [0.2, 0.25) is 0 Å². The molecule has 1 saturated heterocycles. The Labute approximate surface area is 209 Å². The van der Waals surface area contributed by atoms with Crippen LogP contribution < -0.4 is 9.84 Å². The summed E-state index contributed by atoms with van der Waals surface area (Å²) in [5.41, 5.74) is 2.87. The van der Waals surface area contributed by atoms with Crippen molar-refractivity contribution in [1.29, 1.82) is 0 Å². The Kier molecular flexibility index (Phi) is 7.14. The minimum atomic E-state index is -1.21. The number of carbonyl (C=O) groups excluding carboxylic acids is 1. The fourth-order valence-electron chi connectivity index (χ4n) is 4.84. The lowest BCUT2D eigenvalue weighted by Crippen LogP contribution is -2.51. The average molecular weight is 485 g/mol. The summed E-state index contributed by atoms with van der Waals surface area (Å²) >= 11 is 0. The van der Waals surface area contributed by atoms with Crippen LogP contribution in [-0.4, -0.2) is 30.2 Å². The molecule has 2 unspecified atom stereocenters. The second-order valence-corrected chi connectivity index (χ2v) is 9.06. The third kappa shape index (κ3) is 5.34. The minimum absolute atomic E-state index is 0.0599. The summed E-state index contributed by atoms with van der Waals surface area (Å²) in [5, 5.41) is 13.6. The molecule has 0 saturated carbocycles. The van der Waals surface area contributed by atoms with E-state index < -0.39 is 12.2 Å². The molecule has 1 aliphatic heterocycles. The van der Waals surface area contributed by atoms with E-state index in [1.807, 2.05) is 66.7 Å². The fraction of sp³-hybridized carbons (Fsp3) is 0.233. The molecule has 4 aromatic carbocycles. The summed E-state index contributed by atoms with van der Waals surface area (Å²) < 4.78 is 26.2. The number of likely N-dealkylation sites (tertiary alicyclic amines) is 1. The molecule has 0 N–H and O–H groups in total. The van der Waals surface area contributed by atoms with Crippen LogP contribution in [0.2, 0.25) is 0 Å². The molecule has 0 radical (unpaired) electrons. The van der Waals surface area contributed by atoms with Crippen molar-refractivity contribution >= 4 is 16.9 Å². The highest BCUT2D eigenvalue weighted by Crippen LogP contribution is 2.34. The molecule has 184 valence electrons. The second kappa shape index (κ2) is 10.8. The normalized spacial score (nSPS) is 17.8. The monoisotopic (exact) mass is 484 g/mol. The van der Waals surface area contributed by atoms with Crippen molar-refractivity contribution in [2.45, 2.75) is 31.7 Å². The number of amides is 1. The van der Waals surface area contributed by atoms with E-state index in [0.29, 0.717) is 19.6 Å². The molecule has 1 amide bonds. The fourth-order valence-corrected chi connectivity index (χ4v) is 4.84. The van der Waals surface area contributed by atoms with Crippen LogP contribution in [0, 0.1) is 5.82 Å². The highest BCUT2D eigenvalue weighted by atomic mass is 19.1. The lowest BCUT2D eigenvalue weighted by molar-refractivity contribution is -0.268. The van der Waals surface area contributed by atoms with Gasteiger partial charge in [0.05, 0.1) is 12.7 Å². The van der Waals surface area contributed by atoms with Gasteiger partial charge >= 0.3 is 0 Å². The number of carbonyl (C=O) groups is 1. The van der Waals surface area contributed by atoms with Crippen molar-refractivity contribution < 1.29 is 23.8 Å². The van der Waals surface area contributed by atoms with Crippen LogP contribution in [0.15, 0.2) is 91.0 Å². The van der Waals surface area contributed by atoms with Crippen molar-refractivity contribution in [3.63, 3.8) is 0 Å². The number of halogens is 1. The Morgan fingerprint density at radius 1 is 0.917 bits per heavy atom. The second-order valence-electron chi connectivity index (χ2n) is 9.06. The van der Waals surface area contributed by atoms with E-state index in [1.54, 1.807) is 12.1 Å². The Bertz CT molecular complexity index is 1330. The predicted molar refractivity (Wildman–Crippen MR) is 134 cm³/mol. The van der Waals surface area contributed by atoms with E-state index in [0.717, 1.165) is 33.2 Å². The van der Waals surface area contributed by atoms with Gasteiger partial charge in [0.25, 0.3) is 0 Å². The maximum Gasteiger partial charge on any atom is 0.137 e. The summed E-state index contributed by atoms with van der Waals surface area (Å²) in [7, 11) is 0. The highest BCUT2D eigenvalue weighted by Gasteiger charge is 2.31. The van der Waals surface area contributed by atoms with Crippen molar-refractivity contribution in [3.8, 4) is 5.75 Å². The van der Waals surface area contributed by atoms with Gasteiger partial charge in [-0.15, -0.1) is 0 Å². The molecule has 5 nitrogen and oxygen atoms in total. The van der Waals surface area contributed by atoms with E-state index in [2.05, 4.69) is 0 Å². The van der Waals surface area contributed by atoms with Gasteiger partial charge in [-0.1, -0.05) is 78.9 Å². The molecule has 0 aromatic heterocycles. The molecule has 0 aliphatic carbocycles. The molecular weight excluding hydrogens is 457 g/mol. The summed E-state index contributed by atoms with van der Waals surface area (Å²) in [6, 6.07) is 28.4. The molecular formula is C30H27FNO4-. The molecule has 1 heterocycles. The van der Waals surface area contributed by atoms with E-state index >= 15 is 0 Å². The van der Waals surface area contributed by atoms with E-state index in [1.165, 1.54) is 17.0 Å². The first-order valence-corrected chi connectivity index (χ1v) is 12.1. The molecule has 4 aromatic rings.